The molecule has 106 valence electrons. The molecule has 0 aliphatic carbocycles. The van der Waals surface area contributed by atoms with Crippen molar-refractivity contribution in [3.05, 3.63) is 57.5 Å². The van der Waals surface area contributed by atoms with Gasteiger partial charge in [0.25, 0.3) is 5.56 Å². The van der Waals surface area contributed by atoms with Gasteiger partial charge >= 0.3 is 0 Å². The predicted octanol–water partition coefficient (Wildman–Crippen LogP) is 3.48. The van der Waals surface area contributed by atoms with Gasteiger partial charge in [0.05, 0.1) is 11.8 Å². The van der Waals surface area contributed by atoms with Crippen molar-refractivity contribution in [3.63, 3.8) is 0 Å². The van der Waals surface area contributed by atoms with E-state index in [0.29, 0.717) is 5.25 Å². The number of nitrogens with zero attached hydrogens (tertiary/aromatic N) is 2. The molecule has 1 atom stereocenters. The Kier molecular flexibility index (Phi) is 3.12. The zero-order chi connectivity index (χ0) is 14.4. The Bertz CT molecular complexity index is 856. The lowest BCUT2D eigenvalue weighted by atomic mass is 10.1. The minimum Gasteiger partial charge on any atom is -0.297 e. The second-order valence-electron chi connectivity index (χ2n) is 5.35. The Morgan fingerprint density at radius 3 is 3.10 bits per heavy atom. The van der Waals surface area contributed by atoms with Crippen molar-refractivity contribution in [2.24, 2.45) is 0 Å². The molecule has 0 bridgehead atoms. The van der Waals surface area contributed by atoms with Gasteiger partial charge in [0, 0.05) is 16.7 Å². The summed E-state index contributed by atoms with van der Waals surface area (Å²) in [6.45, 7) is 2.72. The Hall–Kier alpha value is -1.59. The summed E-state index contributed by atoms with van der Waals surface area (Å²) in [5.41, 5.74) is 3.42. The summed E-state index contributed by atoms with van der Waals surface area (Å²) in [5.74, 6) is 0. The highest BCUT2D eigenvalue weighted by Crippen LogP contribution is 2.37. The molecule has 5 heteroatoms. The maximum absolute atomic E-state index is 12.5. The molecule has 4 rings (SSSR count). The third kappa shape index (κ3) is 2.21. The first-order valence-electron chi connectivity index (χ1n) is 6.90. The third-order valence-corrected chi connectivity index (χ3v) is 6.21. The first-order valence-corrected chi connectivity index (χ1v) is 8.66. The van der Waals surface area contributed by atoms with E-state index in [0.717, 1.165) is 28.7 Å². The first-order chi connectivity index (χ1) is 10.2. The number of thiophene rings is 1. The van der Waals surface area contributed by atoms with Gasteiger partial charge in [0.1, 0.15) is 4.70 Å². The van der Waals surface area contributed by atoms with Crippen LogP contribution in [0.1, 0.15) is 11.1 Å². The Morgan fingerprint density at radius 1 is 1.38 bits per heavy atom. The van der Waals surface area contributed by atoms with E-state index >= 15 is 0 Å². The number of aryl methyl sites for hydroxylation is 1. The molecule has 3 heterocycles. The van der Waals surface area contributed by atoms with E-state index in [1.807, 2.05) is 24.1 Å². The van der Waals surface area contributed by atoms with Crippen LogP contribution in [0.25, 0.3) is 10.2 Å². The van der Waals surface area contributed by atoms with Crippen LogP contribution in [-0.4, -0.2) is 14.8 Å². The lowest BCUT2D eigenvalue weighted by Gasteiger charge is -2.10. The van der Waals surface area contributed by atoms with E-state index in [4.69, 9.17) is 0 Å². The number of rotatable bonds is 2. The number of hydrogen-bond donors (Lipinski definition) is 0. The van der Waals surface area contributed by atoms with Crippen LogP contribution < -0.4 is 5.56 Å². The standard InChI is InChI=1S/C16H14N2OS2/c1-10-8-20-15-14(10)17-9-18(16(15)19)7-12-6-11-4-2-3-5-13(11)21-12/h2-5,8-9,12H,6-7H2,1H3. The average Bonchev–Trinajstić information content (AvgIpc) is 3.06. The number of aromatic nitrogens is 2. The molecule has 0 amide bonds. The Balaban J connectivity index is 1.64. The fourth-order valence-electron chi connectivity index (χ4n) is 2.77. The van der Waals surface area contributed by atoms with Crippen molar-refractivity contribution in [1.29, 1.82) is 0 Å². The number of fused-ring (bicyclic) bond motifs is 2. The summed E-state index contributed by atoms with van der Waals surface area (Å²) >= 11 is 3.36. The smallest absolute Gasteiger partial charge is 0.271 e. The van der Waals surface area contributed by atoms with Crippen molar-refractivity contribution in [2.75, 3.05) is 0 Å². The highest BCUT2D eigenvalue weighted by Gasteiger charge is 2.22. The SMILES string of the molecule is Cc1csc2c(=O)n(CC3Cc4ccccc4S3)cnc12. The van der Waals surface area contributed by atoms with Crippen LogP contribution in [-0.2, 0) is 13.0 Å². The van der Waals surface area contributed by atoms with E-state index in [2.05, 4.69) is 29.2 Å². The van der Waals surface area contributed by atoms with Gasteiger partial charge in [0.15, 0.2) is 0 Å². The zero-order valence-corrected chi connectivity index (χ0v) is 13.2. The van der Waals surface area contributed by atoms with Gasteiger partial charge in [-0.3, -0.25) is 9.36 Å². The van der Waals surface area contributed by atoms with Gasteiger partial charge in [-0.2, -0.15) is 0 Å². The lowest BCUT2D eigenvalue weighted by Crippen LogP contribution is -2.25. The molecule has 0 saturated carbocycles. The lowest BCUT2D eigenvalue weighted by molar-refractivity contribution is 0.637. The van der Waals surface area contributed by atoms with Crippen LogP contribution in [0.2, 0.25) is 0 Å². The van der Waals surface area contributed by atoms with Gasteiger partial charge in [-0.1, -0.05) is 18.2 Å². The maximum Gasteiger partial charge on any atom is 0.271 e. The summed E-state index contributed by atoms with van der Waals surface area (Å²) < 4.78 is 2.54. The van der Waals surface area contributed by atoms with Crippen LogP contribution >= 0.6 is 23.1 Å². The summed E-state index contributed by atoms with van der Waals surface area (Å²) in [7, 11) is 0. The molecule has 3 aromatic rings. The normalized spacial score (nSPS) is 17.3. The molecule has 0 fully saturated rings. The van der Waals surface area contributed by atoms with Crippen LogP contribution in [0.3, 0.4) is 0 Å². The summed E-state index contributed by atoms with van der Waals surface area (Å²) in [6.07, 6.45) is 2.72. The predicted molar refractivity (Wildman–Crippen MR) is 88.4 cm³/mol. The van der Waals surface area contributed by atoms with Crippen LogP contribution in [0.15, 0.2) is 45.7 Å². The Labute approximate surface area is 130 Å². The highest BCUT2D eigenvalue weighted by atomic mass is 32.2. The molecule has 1 aliphatic heterocycles. The maximum atomic E-state index is 12.5. The molecule has 0 radical (unpaired) electrons. The van der Waals surface area contributed by atoms with Crippen molar-refractivity contribution in [2.45, 2.75) is 30.0 Å². The van der Waals surface area contributed by atoms with Crippen LogP contribution in [0.4, 0.5) is 0 Å². The third-order valence-electron chi connectivity index (χ3n) is 3.84. The topological polar surface area (TPSA) is 34.9 Å². The quantitative estimate of drug-likeness (QED) is 0.726. The van der Waals surface area contributed by atoms with Crippen LogP contribution in [0, 0.1) is 6.92 Å². The molecule has 0 spiro atoms. The minimum absolute atomic E-state index is 0.0923. The van der Waals surface area contributed by atoms with Crippen LogP contribution in [0.5, 0.6) is 0 Å². The van der Waals surface area contributed by atoms with E-state index in [-0.39, 0.29) is 5.56 Å². The second kappa shape index (κ2) is 5.00. The Morgan fingerprint density at radius 2 is 2.24 bits per heavy atom. The molecule has 2 aromatic heterocycles. The van der Waals surface area contributed by atoms with Gasteiger partial charge in [0.2, 0.25) is 0 Å². The average molecular weight is 314 g/mol. The van der Waals surface area contributed by atoms with Crippen molar-refractivity contribution in [1.82, 2.24) is 9.55 Å². The van der Waals surface area contributed by atoms with Gasteiger partial charge in [-0.25, -0.2) is 4.98 Å². The molecular weight excluding hydrogens is 300 g/mol. The number of thioether (sulfide) groups is 1. The fourth-order valence-corrected chi connectivity index (χ4v) is 5.03. The summed E-state index contributed by atoms with van der Waals surface area (Å²) in [5, 5.41) is 2.42. The minimum atomic E-state index is 0.0923. The van der Waals surface area contributed by atoms with E-state index < -0.39 is 0 Å². The molecule has 0 saturated heterocycles. The molecule has 1 unspecified atom stereocenters. The van der Waals surface area contributed by atoms with Crippen molar-refractivity contribution < 1.29 is 0 Å². The van der Waals surface area contributed by atoms with Crippen molar-refractivity contribution in [3.8, 4) is 0 Å². The monoisotopic (exact) mass is 314 g/mol. The molecular formula is C16H14N2OS2. The van der Waals surface area contributed by atoms with Gasteiger partial charge in [-0.15, -0.1) is 23.1 Å². The first kappa shape index (κ1) is 13.1. The molecule has 21 heavy (non-hydrogen) atoms. The van der Waals surface area contributed by atoms with E-state index in [9.17, 15) is 4.79 Å². The number of benzene rings is 1. The molecule has 1 aromatic carbocycles. The number of hydrogen-bond acceptors (Lipinski definition) is 4. The summed E-state index contributed by atoms with van der Waals surface area (Å²) in [4.78, 5) is 18.3. The van der Waals surface area contributed by atoms with Gasteiger partial charge < -0.3 is 0 Å². The largest absolute Gasteiger partial charge is 0.297 e. The summed E-state index contributed by atoms with van der Waals surface area (Å²) in [6, 6.07) is 8.49. The van der Waals surface area contributed by atoms with E-state index in [1.54, 1.807) is 10.9 Å². The zero-order valence-electron chi connectivity index (χ0n) is 11.6. The fraction of sp³-hybridized carbons (Fsp3) is 0.250. The highest BCUT2D eigenvalue weighted by molar-refractivity contribution is 8.00. The molecule has 0 N–H and O–H groups in total. The van der Waals surface area contributed by atoms with E-state index in [1.165, 1.54) is 21.8 Å². The molecule has 3 nitrogen and oxygen atoms in total. The molecule has 1 aliphatic rings. The van der Waals surface area contributed by atoms with Crippen molar-refractivity contribution >= 4 is 33.3 Å². The van der Waals surface area contributed by atoms with Gasteiger partial charge in [-0.05, 0) is 35.9 Å². The second-order valence-corrected chi connectivity index (χ2v) is 7.57.